The van der Waals surface area contributed by atoms with Crippen LogP contribution in [-0.4, -0.2) is 81.8 Å². The third kappa shape index (κ3) is 7.90. The Balaban J connectivity index is 1.50. The number of fused-ring (bicyclic) bond motifs is 1. The molecule has 262 valence electrons. The molecule has 12 heteroatoms. The van der Waals surface area contributed by atoms with Gasteiger partial charge in [-0.2, -0.15) is 0 Å². The topological polar surface area (TPSA) is 156 Å². The Bertz CT molecular complexity index is 1730. The van der Waals surface area contributed by atoms with E-state index in [1.54, 1.807) is 33.9 Å². The van der Waals surface area contributed by atoms with Gasteiger partial charge in [-0.3, -0.25) is 9.59 Å². The highest BCUT2D eigenvalue weighted by Gasteiger charge is 2.51. The summed E-state index contributed by atoms with van der Waals surface area (Å²) in [5.74, 6) is -1.07. The summed E-state index contributed by atoms with van der Waals surface area (Å²) in [4.78, 5) is 59.6. The van der Waals surface area contributed by atoms with E-state index in [1.807, 2.05) is 69.3 Å². The third-order valence-corrected chi connectivity index (χ3v) is 8.94. The van der Waals surface area contributed by atoms with Gasteiger partial charge in [-0.1, -0.05) is 51.1 Å². The Hall–Kier alpha value is -4.87. The second kappa shape index (κ2) is 13.6. The minimum atomic E-state index is -1.38. The lowest BCUT2D eigenvalue weighted by atomic mass is 9.76. The first kappa shape index (κ1) is 35.4. The molecular formula is C37H46N4O8. The number of pyridine rings is 1. The van der Waals surface area contributed by atoms with Crippen molar-refractivity contribution in [1.29, 1.82) is 0 Å². The maximum atomic E-state index is 14.4. The molecule has 0 bridgehead atoms. The first-order valence-electron chi connectivity index (χ1n) is 16.6. The predicted molar refractivity (Wildman–Crippen MR) is 183 cm³/mol. The van der Waals surface area contributed by atoms with E-state index in [9.17, 15) is 24.3 Å². The number of amides is 3. The van der Waals surface area contributed by atoms with Crippen LogP contribution in [0.15, 0.2) is 54.6 Å². The molecule has 3 aromatic rings. The molecule has 1 aliphatic carbocycles. The van der Waals surface area contributed by atoms with Crippen molar-refractivity contribution in [3.05, 3.63) is 54.6 Å². The molecule has 0 unspecified atom stereocenters. The van der Waals surface area contributed by atoms with Crippen molar-refractivity contribution in [2.24, 2.45) is 5.41 Å². The van der Waals surface area contributed by atoms with Crippen molar-refractivity contribution in [2.45, 2.75) is 96.6 Å². The Morgan fingerprint density at radius 3 is 2.27 bits per heavy atom. The van der Waals surface area contributed by atoms with E-state index >= 15 is 0 Å². The summed E-state index contributed by atoms with van der Waals surface area (Å²) in [5, 5.41) is 16.1. The molecule has 5 rings (SSSR count). The first-order chi connectivity index (χ1) is 23.0. The number of aromatic nitrogens is 1. The summed E-state index contributed by atoms with van der Waals surface area (Å²) in [5.41, 5.74) is -0.770. The number of carbonyl (C=O) groups is 4. The highest BCUT2D eigenvalue weighted by Crippen LogP contribution is 2.37. The van der Waals surface area contributed by atoms with E-state index in [1.165, 1.54) is 4.90 Å². The van der Waals surface area contributed by atoms with Crippen molar-refractivity contribution >= 4 is 34.8 Å². The van der Waals surface area contributed by atoms with E-state index in [0.29, 0.717) is 47.4 Å². The number of likely N-dealkylation sites (tertiary alicyclic amines) is 1. The van der Waals surface area contributed by atoms with Crippen LogP contribution in [0.4, 0.5) is 4.79 Å². The van der Waals surface area contributed by atoms with Gasteiger partial charge >= 0.3 is 12.1 Å². The minimum Gasteiger partial charge on any atom is -0.497 e. The molecule has 3 N–H and O–H groups in total. The molecule has 0 spiro atoms. The maximum Gasteiger partial charge on any atom is 0.408 e. The number of benzene rings is 2. The standard InChI is InChI=1S/C37H46N4O8/c1-35(2,3)30(39-34(46)49-36(4,5)6)32(43)41-21-24(19-28(41)31(42)40-37(33(44)45)16-11-17-37)48-29-20-26(22-12-9-8-10-13-22)38-27-18-23(47-7)14-15-25(27)29/h8-10,12-15,18,20,24,28,30H,11,16-17,19,21H2,1-7H3,(H,39,46)(H,40,42)(H,44,45)/t24-,28+,30-/m1/s1. The number of rotatable bonds is 9. The van der Waals surface area contributed by atoms with Crippen LogP contribution >= 0.6 is 0 Å². The number of carbonyl (C=O) groups excluding carboxylic acids is 3. The summed E-state index contributed by atoms with van der Waals surface area (Å²) < 4.78 is 17.5. The number of hydrogen-bond acceptors (Lipinski definition) is 8. The van der Waals surface area contributed by atoms with Crippen LogP contribution in [0.5, 0.6) is 11.5 Å². The summed E-state index contributed by atoms with van der Waals surface area (Å²) >= 11 is 0. The van der Waals surface area contributed by atoms with Crippen LogP contribution in [0.1, 0.15) is 67.2 Å². The van der Waals surface area contributed by atoms with Crippen LogP contribution in [0.2, 0.25) is 0 Å². The molecular weight excluding hydrogens is 628 g/mol. The Labute approximate surface area is 286 Å². The average molecular weight is 675 g/mol. The fraction of sp³-hybridized carbons (Fsp3) is 0.486. The smallest absolute Gasteiger partial charge is 0.408 e. The molecule has 12 nitrogen and oxygen atoms in total. The average Bonchev–Trinajstić information content (AvgIpc) is 3.43. The molecule has 2 aliphatic rings. The lowest BCUT2D eigenvalue weighted by molar-refractivity contribution is -0.153. The van der Waals surface area contributed by atoms with Gasteiger partial charge in [0, 0.05) is 29.5 Å². The Kier molecular flexibility index (Phi) is 9.81. The lowest BCUT2D eigenvalue weighted by Crippen LogP contribution is -2.63. The van der Waals surface area contributed by atoms with Crippen molar-refractivity contribution in [3.8, 4) is 22.8 Å². The van der Waals surface area contributed by atoms with Gasteiger partial charge in [-0.15, -0.1) is 0 Å². The molecule has 0 radical (unpaired) electrons. The number of hydrogen-bond donors (Lipinski definition) is 3. The Morgan fingerprint density at radius 1 is 1.00 bits per heavy atom. The van der Waals surface area contributed by atoms with E-state index in [-0.39, 0.29) is 13.0 Å². The van der Waals surface area contributed by atoms with Crippen LogP contribution < -0.4 is 20.1 Å². The van der Waals surface area contributed by atoms with E-state index in [0.717, 1.165) is 5.56 Å². The maximum absolute atomic E-state index is 14.4. The second-order valence-corrected chi connectivity index (χ2v) is 14.9. The monoisotopic (exact) mass is 674 g/mol. The zero-order chi connectivity index (χ0) is 35.7. The first-order valence-corrected chi connectivity index (χ1v) is 16.6. The molecule has 3 amide bonds. The van der Waals surface area contributed by atoms with E-state index in [2.05, 4.69) is 10.6 Å². The van der Waals surface area contributed by atoms with Gasteiger partial charge in [0.1, 0.15) is 40.8 Å². The van der Waals surface area contributed by atoms with Gasteiger partial charge in [-0.25, -0.2) is 14.6 Å². The van der Waals surface area contributed by atoms with Gasteiger partial charge in [-0.05, 0) is 57.6 Å². The second-order valence-electron chi connectivity index (χ2n) is 14.9. The van der Waals surface area contributed by atoms with E-state index < -0.39 is 58.6 Å². The predicted octanol–water partition coefficient (Wildman–Crippen LogP) is 5.32. The highest BCUT2D eigenvalue weighted by molar-refractivity contribution is 5.95. The largest absolute Gasteiger partial charge is 0.497 e. The Morgan fingerprint density at radius 2 is 1.69 bits per heavy atom. The molecule has 1 aliphatic heterocycles. The van der Waals surface area contributed by atoms with Gasteiger partial charge in [0.25, 0.3) is 0 Å². The number of nitrogens with one attached hydrogen (secondary N) is 2. The number of aliphatic carboxylic acids is 1. The number of methoxy groups -OCH3 is 1. The van der Waals surface area contributed by atoms with Crippen LogP contribution in [-0.2, 0) is 19.1 Å². The highest BCUT2D eigenvalue weighted by atomic mass is 16.6. The quantitative estimate of drug-likeness (QED) is 0.273. The molecule has 2 heterocycles. The summed E-state index contributed by atoms with van der Waals surface area (Å²) in [6.07, 6.45) is -0.0542. The van der Waals surface area contributed by atoms with Crippen LogP contribution in [0.3, 0.4) is 0 Å². The molecule has 1 saturated heterocycles. The van der Waals surface area contributed by atoms with Crippen LogP contribution in [0, 0.1) is 5.41 Å². The number of ether oxygens (including phenoxy) is 3. The SMILES string of the molecule is COc1ccc2c(O[C@@H]3C[C@@H](C(=O)NC4(C(=O)O)CCC4)N(C(=O)[C@@H](NC(=O)OC(C)(C)C)C(C)(C)C)C3)cc(-c3ccccc3)nc2c1. The zero-order valence-corrected chi connectivity index (χ0v) is 29.2. The zero-order valence-electron chi connectivity index (χ0n) is 29.2. The van der Waals surface area contributed by atoms with Crippen LogP contribution in [0.25, 0.3) is 22.2 Å². The van der Waals surface area contributed by atoms with Crippen molar-refractivity contribution in [3.63, 3.8) is 0 Å². The fourth-order valence-electron chi connectivity index (χ4n) is 6.19. The third-order valence-electron chi connectivity index (χ3n) is 8.94. The van der Waals surface area contributed by atoms with Gasteiger partial charge < -0.3 is 34.9 Å². The van der Waals surface area contributed by atoms with Gasteiger partial charge in [0.15, 0.2) is 0 Å². The fourth-order valence-corrected chi connectivity index (χ4v) is 6.19. The van der Waals surface area contributed by atoms with Crippen molar-refractivity contribution in [1.82, 2.24) is 20.5 Å². The molecule has 2 aromatic carbocycles. The number of carboxylic acids is 1. The summed E-state index contributed by atoms with van der Waals surface area (Å²) in [6.45, 7) is 10.6. The minimum absolute atomic E-state index is 0.0141. The van der Waals surface area contributed by atoms with Gasteiger partial charge in [0.2, 0.25) is 11.8 Å². The normalized spacial score (nSPS) is 19.4. The summed E-state index contributed by atoms with van der Waals surface area (Å²) in [7, 11) is 1.58. The molecule has 1 aromatic heterocycles. The lowest BCUT2D eigenvalue weighted by Gasteiger charge is -2.40. The molecule has 3 atom stereocenters. The molecule has 2 fully saturated rings. The number of alkyl carbamates (subject to hydrolysis) is 1. The van der Waals surface area contributed by atoms with Crippen molar-refractivity contribution < 1.29 is 38.5 Å². The molecule has 1 saturated carbocycles. The number of carboxylic acid groups (broad SMARTS) is 1. The van der Waals surface area contributed by atoms with E-state index in [4.69, 9.17) is 19.2 Å². The van der Waals surface area contributed by atoms with Crippen molar-refractivity contribution in [2.75, 3.05) is 13.7 Å². The summed E-state index contributed by atoms with van der Waals surface area (Å²) in [6, 6.07) is 14.8. The molecule has 49 heavy (non-hydrogen) atoms. The number of nitrogens with zero attached hydrogens (tertiary/aromatic N) is 2. The van der Waals surface area contributed by atoms with Gasteiger partial charge in [0.05, 0.1) is 24.9 Å².